The third kappa shape index (κ3) is 3.67. The molecule has 1 atom stereocenters. The number of nitrogens with zero attached hydrogens (tertiary/aromatic N) is 3. The van der Waals surface area contributed by atoms with Gasteiger partial charge in [0.1, 0.15) is 18.5 Å². The van der Waals surface area contributed by atoms with Crippen molar-refractivity contribution in [1.82, 2.24) is 14.5 Å². The Bertz CT molecular complexity index is 864. The van der Waals surface area contributed by atoms with Crippen LogP contribution in [0.5, 0.6) is 5.75 Å². The molecule has 0 saturated carbocycles. The van der Waals surface area contributed by atoms with Gasteiger partial charge in [-0.05, 0) is 30.3 Å². The first-order valence-corrected chi connectivity index (χ1v) is 7.37. The first kappa shape index (κ1) is 15.5. The molecule has 0 radical (unpaired) electrons. The number of halogens is 1. The van der Waals surface area contributed by atoms with Crippen LogP contribution in [-0.2, 0) is 6.54 Å². The van der Waals surface area contributed by atoms with Crippen LogP contribution in [0.25, 0.3) is 10.9 Å². The van der Waals surface area contributed by atoms with Crippen molar-refractivity contribution in [3.8, 4) is 5.75 Å². The molecule has 0 aliphatic rings. The summed E-state index contributed by atoms with van der Waals surface area (Å²) in [7, 11) is 0. The van der Waals surface area contributed by atoms with Crippen molar-refractivity contribution in [3.63, 3.8) is 0 Å². The maximum absolute atomic E-state index is 12.3. The highest BCUT2D eigenvalue weighted by Gasteiger charge is 2.10. The lowest BCUT2D eigenvalue weighted by Crippen LogP contribution is -2.30. The Hall–Kier alpha value is -2.44. The number of hydrogen-bond acceptors (Lipinski definition) is 5. The van der Waals surface area contributed by atoms with Crippen molar-refractivity contribution in [1.29, 1.82) is 0 Å². The standard InChI is InChI=1S/C16H14ClN3O3/c17-11-1-3-13(4-2-11)23-9-12(21)8-20-10-19-15-7-18-6-5-14(15)16(20)22/h1-7,10,12,21H,8-9H2/t12-/m0/s1. The van der Waals surface area contributed by atoms with Crippen molar-refractivity contribution in [3.05, 3.63) is 64.4 Å². The highest BCUT2D eigenvalue weighted by atomic mass is 35.5. The van der Waals surface area contributed by atoms with Gasteiger partial charge in [0.2, 0.25) is 0 Å². The molecule has 0 saturated heterocycles. The van der Waals surface area contributed by atoms with E-state index >= 15 is 0 Å². The molecule has 118 valence electrons. The van der Waals surface area contributed by atoms with Crippen LogP contribution in [0, 0.1) is 0 Å². The van der Waals surface area contributed by atoms with Crippen LogP contribution in [-0.4, -0.2) is 32.4 Å². The van der Waals surface area contributed by atoms with Gasteiger partial charge in [-0.2, -0.15) is 0 Å². The lowest BCUT2D eigenvalue weighted by molar-refractivity contribution is 0.0915. The van der Waals surface area contributed by atoms with Gasteiger partial charge in [-0.3, -0.25) is 14.3 Å². The molecule has 0 amide bonds. The van der Waals surface area contributed by atoms with Gasteiger partial charge >= 0.3 is 0 Å². The second-order valence-electron chi connectivity index (χ2n) is 5.01. The van der Waals surface area contributed by atoms with Gasteiger partial charge < -0.3 is 9.84 Å². The Labute approximate surface area is 137 Å². The number of aliphatic hydroxyl groups excluding tert-OH is 1. The Morgan fingerprint density at radius 2 is 2.04 bits per heavy atom. The lowest BCUT2D eigenvalue weighted by Gasteiger charge is -2.14. The van der Waals surface area contributed by atoms with Crippen LogP contribution in [0.4, 0.5) is 0 Å². The number of ether oxygens (including phenoxy) is 1. The largest absolute Gasteiger partial charge is 0.491 e. The molecule has 0 unspecified atom stereocenters. The molecule has 0 bridgehead atoms. The first-order valence-electron chi connectivity index (χ1n) is 6.99. The summed E-state index contributed by atoms with van der Waals surface area (Å²) < 4.78 is 6.83. The van der Waals surface area contributed by atoms with Gasteiger partial charge in [0.15, 0.2) is 0 Å². The predicted octanol–water partition coefficient (Wildman–Crippen LogP) is 1.88. The average molecular weight is 332 g/mol. The highest BCUT2D eigenvalue weighted by Crippen LogP contribution is 2.15. The third-order valence-electron chi connectivity index (χ3n) is 3.29. The molecule has 1 N–H and O–H groups in total. The maximum Gasteiger partial charge on any atom is 0.261 e. The van der Waals surface area contributed by atoms with Gasteiger partial charge in [0, 0.05) is 11.2 Å². The monoisotopic (exact) mass is 331 g/mol. The molecule has 0 fully saturated rings. The Morgan fingerprint density at radius 1 is 1.26 bits per heavy atom. The Balaban J connectivity index is 1.68. The lowest BCUT2D eigenvalue weighted by atomic mass is 10.3. The predicted molar refractivity (Wildman–Crippen MR) is 86.8 cm³/mol. The van der Waals surface area contributed by atoms with Crippen LogP contribution in [0.15, 0.2) is 53.8 Å². The Kier molecular flexibility index (Phi) is 4.55. The quantitative estimate of drug-likeness (QED) is 0.772. The van der Waals surface area contributed by atoms with E-state index in [1.807, 2.05) is 0 Å². The van der Waals surface area contributed by atoms with Crippen LogP contribution >= 0.6 is 11.6 Å². The fraction of sp³-hybridized carbons (Fsp3) is 0.188. The minimum absolute atomic E-state index is 0.0580. The van der Waals surface area contributed by atoms with Crippen LogP contribution < -0.4 is 10.3 Å². The minimum atomic E-state index is -0.843. The summed E-state index contributed by atoms with van der Waals surface area (Å²) in [6, 6.07) is 8.44. The number of hydrogen-bond donors (Lipinski definition) is 1. The van der Waals surface area contributed by atoms with Crippen LogP contribution in [0.3, 0.4) is 0 Å². The first-order chi connectivity index (χ1) is 11.1. The van der Waals surface area contributed by atoms with E-state index in [-0.39, 0.29) is 18.7 Å². The number of fused-ring (bicyclic) bond motifs is 1. The van der Waals surface area contributed by atoms with E-state index in [1.54, 1.807) is 30.3 Å². The molecular formula is C16H14ClN3O3. The number of benzene rings is 1. The average Bonchev–Trinajstić information content (AvgIpc) is 2.57. The molecule has 0 aliphatic carbocycles. The zero-order valence-corrected chi connectivity index (χ0v) is 12.8. The SMILES string of the molecule is O=c1c2ccncc2ncn1C[C@H](O)COc1ccc(Cl)cc1. The number of pyridine rings is 1. The molecule has 0 spiro atoms. The summed E-state index contributed by atoms with van der Waals surface area (Å²) in [6.45, 7) is 0.153. The summed E-state index contributed by atoms with van der Waals surface area (Å²) in [6.07, 6.45) is 3.62. The molecule has 0 aliphatic heterocycles. The second-order valence-corrected chi connectivity index (χ2v) is 5.45. The number of aromatic nitrogens is 3. The van der Waals surface area contributed by atoms with Crippen LogP contribution in [0.2, 0.25) is 5.02 Å². The molecule has 6 nitrogen and oxygen atoms in total. The zero-order valence-electron chi connectivity index (χ0n) is 12.1. The summed E-state index contributed by atoms with van der Waals surface area (Å²) in [5.41, 5.74) is 0.309. The summed E-state index contributed by atoms with van der Waals surface area (Å²) in [5, 5.41) is 11.1. The molecule has 2 aromatic heterocycles. The van der Waals surface area contributed by atoms with Crippen molar-refractivity contribution in [2.75, 3.05) is 6.61 Å². The summed E-state index contributed by atoms with van der Waals surface area (Å²) in [4.78, 5) is 20.4. The molecule has 2 heterocycles. The van der Waals surface area contributed by atoms with Gasteiger partial charge in [-0.25, -0.2) is 4.98 Å². The molecular weight excluding hydrogens is 318 g/mol. The van der Waals surface area contributed by atoms with E-state index in [0.717, 1.165) is 0 Å². The summed E-state index contributed by atoms with van der Waals surface area (Å²) in [5.74, 6) is 0.600. The molecule has 3 aromatic rings. The van der Waals surface area contributed by atoms with Crippen molar-refractivity contribution >= 4 is 22.5 Å². The fourth-order valence-corrected chi connectivity index (χ4v) is 2.27. The fourth-order valence-electron chi connectivity index (χ4n) is 2.14. The topological polar surface area (TPSA) is 77.2 Å². The molecule has 7 heteroatoms. The van der Waals surface area contributed by atoms with E-state index in [4.69, 9.17) is 16.3 Å². The maximum atomic E-state index is 12.3. The smallest absolute Gasteiger partial charge is 0.261 e. The molecule has 3 rings (SSSR count). The van der Waals surface area contributed by atoms with Crippen molar-refractivity contribution in [2.24, 2.45) is 0 Å². The van der Waals surface area contributed by atoms with Crippen molar-refractivity contribution in [2.45, 2.75) is 12.6 Å². The van der Waals surface area contributed by atoms with Crippen LogP contribution in [0.1, 0.15) is 0 Å². The van der Waals surface area contributed by atoms with Gasteiger partial charge in [0.05, 0.1) is 30.0 Å². The number of aliphatic hydroxyl groups is 1. The number of rotatable bonds is 5. The van der Waals surface area contributed by atoms with Gasteiger partial charge in [-0.1, -0.05) is 11.6 Å². The van der Waals surface area contributed by atoms with Crippen molar-refractivity contribution < 1.29 is 9.84 Å². The highest BCUT2D eigenvalue weighted by molar-refractivity contribution is 6.30. The normalized spacial score (nSPS) is 12.3. The van der Waals surface area contributed by atoms with Gasteiger partial charge in [0.25, 0.3) is 5.56 Å². The Morgan fingerprint density at radius 3 is 2.83 bits per heavy atom. The van der Waals surface area contributed by atoms with E-state index in [2.05, 4.69) is 9.97 Å². The van der Waals surface area contributed by atoms with E-state index in [9.17, 15) is 9.90 Å². The summed E-state index contributed by atoms with van der Waals surface area (Å²) >= 11 is 5.79. The molecule has 1 aromatic carbocycles. The zero-order chi connectivity index (χ0) is 16.2. The molecule has 23 heavy (non-hydrogen) atoms. The second kappa shape index (κ2) is 6.76. The van der Waals surface area contributed by atoms with E-state index < -0.39 is 6.10 Å². The van der Waals surface area contributed by atoms with E-state index in [0.29, 0.717) is 21.7 Å². The van der Waals surface area contributed by atoms with Gasteiger partial charge in [-0.15, -0.1) is 0 Å². The minimum Gasteiger partial charge on any atom is -0.491 e. The van der Waals surface area contributed by atoms with E-state index in [1.165, 1.54) is 23.3 Å². The third-order valence-corrected chi connectivity index (χ3v) is 3.54.